The van der Waals surface area contributed by atoms with Gasteiger partial charge in [-0.05, 0) is 73.6 Å². The number of likely N-dealkylation sites (N-methyl/N-ethyl adjacent to an activating group) is 1. The average molecular weight is 570 g/mol. The molecule has 0 radical (unpaired) electrons. The predicted molar refractivity (Wildman–Crippen MR) is 154 cm³/mol. The summed E-state index contributed by atoms with van der Waals surface area (Å²) < 4.78 is 15.0. The van der Waals surface area contributed by atoms with E-state index in [4.69, 9.17) is 23.2 Å². The van der Waals surface area contributed by atoms with Gasteiger partial charge in [-0.1, -0.05) is 29.3 Å². The van der Waals surface area contributed by atoms with Crippen molar-refractivity contribution in [3.63, 3.8) is 0 Å². The summed E-state index contributed by atoms with van der Waals surface area (Å²) in [5.41, 5.74) is 4.03. The Hall–Kier alpha value is -3.01. The maximum absolute atomic E-state index is 13.0. The summed E-state index contributed by atoms with van der Waals surface area (Å²) >= 11 is 12.3. The predicted octanol–water partition coefficient (Wildman–Crippen LogP) is 6.13. The molecule has 0 spiro atoms. The Kier molecular flexibility index (Phi) is 7.70. The molecule has 1 aromatic heterocycles. The molecule has 7 nitrogen and oxygen atoms in total. The van der Waals surface area contributed by atoms with Crippen LogP contribution in [0.5, 0.6) is 5.75 Å². The number of anilines is 2. The molecule has 3 aromatic carbocycles. The zero-order chi connectivity index (χ0) is 27.0. The largest absolute Gasteiger partial charge is 0.505 e. The van der Waals surface area contributed by atoms with Crippen molar-refractivity contribution in [1.82, 2.24) is 14.2 Å². The Morgan fingerprint density at radius 1 is 0.974 bits per heavy atom. The molecule has 0 bridgehead atoms. The number of carbonyl (C=O) groups excluding carboxylic acids is 1. The zero-order valence-electron chi connectivity index (χ0n) is 20.9. The van der Waals surface area contributed by atoms with Gasteiger partial charge in [-0.2, -0.15) is 0 Å². The van der Waals surface area contributed by atoms with Gasteiger partial charge in [-0.15, -0.1) is 0 Å². The molecule has 0 aliphatic carbocycles. The molecule has 0 amide bonds. The van der Waals surface area contributed by atoms with Crippen molar-refractivity contribution in [3.8, 4) is 16.9 Å². The van der Waals surface area contributed by atoms with Crippen LogP contribution in [-0.2, 0) is 11.0 Å². The molecule has 4 aromatic rings. The second-order valence-corrected chi connectivity index (χ2v) is 11.6. The highest BCUT2D eigenvalue weighted by Crippen LogP contribution is 2.38. The molecule has 1 aliphatic heterocycles. The molecule has 5 rings (SSSR count). The van der Waals surface area contributed by atoms with Gasteiger partial charge < -0.3 is 15.3 Å². The number of pyridine rings is 1. The van der Waals surface area contributed by atoms with Gasteiger partial charge in [0.05, 0.1) is 31.7 Å². The normalized spacial score (nSPS) is 15.5. The minimum absolute atomic E-state index is 0.129. The number of phenolic OH excluding ortho intramolecular Hbond substituents is 1. The highest BCUT2D eigenvalue weighted by atomic mass is 35.5. The number of halogens is 2. The average Bonchev–Trinajstić information content (AvgIpc) is 2.91. The first-order valence-electron chi connectivity index (χ1n) is 12.1. The quantitative estimate of drug-likeness (QED) is 0.272. The summed E-state index contributed by atoms with van der Waals surface area (Å²) in [7, 11) is 0.838. The van der Waals surface area contributed by atoms with Gasteiger partial charge in [0, 0.05) is 43.4 Å². The fourth-order valence-corrected chi connectivity index (χ4v) is 6.06. The Morgan fingerprint density at radius 3 is 2.26 bits per heavy atom. The molecule has 1 unspecified atom stereocenters. The lowest BCUT2D eigenvalue weighted by atomic mass is 10.00. The van der Waals surface area contributed by atoms with Gasteiger partial charge in [-0.25, -0.2) is 8.51 Å². The first-order valence-corrected chi connectivity index (χ1v) is 13.9. The standard InChI is InChI=1S/C28H26Cl2N4O3S/c1-17(35)23-16-31-26-8-3-18(19-14-24(29)28(36)25(30)15-19)13-22(26)27(23)32-20-4-6-21(7-5-20)38(37)34-11-9-33(2)10-12-34/h3-8,13-16,36H,9-12H2,1-2H3,(H,31,32). The highest BCUT2D eigenvalue weighted by molar-refractivity contribution is 7.82. The van der Waals surface area contributed by atoms with Crippen LogP contribution in [0.15, 0.2) is 65.7 Å². The van der Waals surface area contributed by atoms with Gasteiger partial charge in [0.1, 0.15) is 11.0 Å². The van der Waals surface area contributed by atoms with E-state index in [2.05, 4.69) is 22.2 Å². The van der Waals surface area contributed by atoms with Crippen molar-refractivity contribution < 1.29 is 14.1 Å². The molecule has 0 saturated carbocycles. The maximum atomic E-state index is 13.0. The van der Waals surface area contributed by atoms with E-state index in [0.29, 0.717) is 16.8 Å². The van der Waals surface area contributed by atoms with Crippen LogP contribution >= 0.6 is 23.2 Å². The van der Waals surface area contributed by atoms with E-state index in [0.717, 1.165) is 53.3 Å². The molecule has 10 heteroatoms. The SMILES string of the molecule is CC(=O)c1cnc2ccc(-c3cc(Cl)c(O)c(Cl)c3)cc2c1Nc1ccc(S(=O)N2CCN(C)CC2)cc1. The summed E-state index contributed by atoms with van der Waals surface area (Å²) in [6.07, 6.45) is 1.57. The number of benzene rings is 3. The number of carbonyl (C=O) groups is 1. The van der Waals surface area contributed by atoms with E-state index in [1.54, 1.807) is 18.3 Å². The lowest BCUT2D eigenvalue weighted by Crippen LogP contribution is -2.45. The third-order valence-corrected chi connectivity index (χ3v) is 8.71. The molecular weight excluding hydrogens is 543 g/mol. The van der Waals surface area contributed by atoms with Crippen LogP contribution < -0.4 is 5.32 Å². The fraction of sp³-hybridized carbons (Fsp3) is 0.214. The lowest BCUT2D eigenvalue weighted by Gasteiger charge is -2.31. The van der Waals surface area contributed by atoms with E-state index < -0.39 is 11.0 Å². The highest BCUT2D eigenvalue weighted by Gasteiger charge is 2.20. The number of hydrogen-bond acceptors (Lipinski definition) is 6. The number of phenols is 1. The second-order valence-electron chi connectivity index (χ2n) is 9.25. The molecule has 1 aliphatic rings. The van der Waals surface area contributed by atoms with Crippen molar-refractivity contribution in [2.75, 3.05) is 38.5 Å². The summed E-state index contributed by atoms with van der Waals surface area (Å²) in [6.45, 7) is 4.79. The summed E-state index contributed by atoms with van der Waals surface area (Å²) in [4.78, 5) is 20.0. The Morgan fingerprint density at radius 2 is 1.63 bits per heavy atom. The number of rotatable bonds is 6. The number of piperazine rings is 1. The molecule has 1 saturated heterocycles. The number of ketones is 1. The molecular formula is C28H26Cl2N4O3S. The molecule has 1 atom stereocenters. The number of hydrogen-bond donors (Lipinski definition) is 2. The van der Waals surface area contributed by atoms with Crippen LogP contribution in [0.2, 0.25) is 10.0 Å². The first kappa shape index (κ1) is 26.6. The van der Waals surface area contributed by atoms with Crippen molar-refractivity contribution in [1.29, 1.82) is 0 Å². The van der Waals surface area contributed by atoms with Crippen LogP contribution in [-0.4, -0.2) is 62.5 Å². The number of fused-ring (bicyclic) bond motifs is 1. The van der Waals surface area contributed by atoms with Crippen molar-refractivity contribution in [2.45, 2.75) is 11.8 Å². The first-order chi connectivity index (χ1) is 18.2. The van der Waals surface area contributed by atoms with E-state index in [1.165, 1.54) is 6.92 Å². The van der Waals surface area contributed by atoms with Gasteiger partial charge in [0.2, 0.25) is 0 Å². The third-order valence-electron chi connectivity index (χ3n) is 6.62. The van der Waals surface area contributed by atoms with Crippen LogP contribution in [0.25, 0.3) is 22.0 Å². The van der Waals surface area contributed by atoms with E-state index >= 15 is 0 Å². The van der Waals surface area contributed by atoms with Crippen LogP contribution in [0.1, 0.15) is 17.3 Å². The topological polar surface area (TPSA) is 85.8 Å². The summed E-state index contributed by atoms with van der Waals surface area (Å²) in [6, 6.07) is 16.3. The van der Waals surface area contributed by atoms with Crippen LogP contribution in [0, 0.1) is 0 Å². The van der Waals surface area contributed by atoms with Crippen LogP contribution in [0.4, 0.5) is 11.4 Å². The van der Waals surface area contributed by atoms with Gasteiger partial charge in [0.15, 0.2) is 11.5 Å². The molecule has 2 N–H and O–H groups in total. The van der Waals surface area contributed by atoms with Gasteiger partial charge in [-0.3, -0.25) is 9.78 Å². The Bertz CT molecular complexity index is 1530. The monoisotopic (exact) mass is 568 g/mol. The molecule has 2 heterocycles. The van der Waals surface area contributed by atoms with Crippen molar-refractivity contribution in [3.05, 3.63) is 76.4 Å². The zero-order valence-corrected chi connectivity index (χ0v) is 23.2. The number of Topliss-reactive ketones (excluding diaryl/α,β-unsaturated/α-hetero) is 1. The smallest absolute Gasteiger partial charge is 0.163 e. The Balaban J connectivity index is 1.50. The number of aromatic nitrogens is 1. The fourth-order valence-electron chi connectivity index (χ4n) is 4.41. The minimum Gasteiger partial charge on any atom is -0.505 e. The molecule has 1 fully saturated rings. The second kappa shape index (κ2) is 11.0. The van der Waals surface area contributed by atoms with E-state index in [9.17, 15) is 14.1 Å². The van der Waals surface area contributed by atoms with Crippen molar-refractivity contribution in [2.24, 2.45) is 0 Å². The van der Waals surface area contributed by atoms with Crippen molar-refractivity contribution >= 4 is 62.2 Å². The molecule has 38 heavy (non-hydrogen) atoms. The summed E-state index contributed by atoms with van der Waals surface area (Å²) in [5, 5.41) is 14.4. The van der Waals surface area contributed by atoms with Gasteiger partial charge >= 0.3 is 0 Å². The Labute approximate surface area is 233 Å². The lowest BCUT2D eigenvalue weighted by molar-refractivity contribution is 0.101. The number of nitrogens with one attached hydrogen (secondary N) is 1. The number of nitrogens with zero attached hydrogens (tertiary/aromatic N) is 3. The third kappa shape index (κ3) is 5.41. The van der Waals surface area contributed by atoms with E-state index in [1.807, 2.05) is 46.8 Å². The van der Waals surface area contributed by atoms with Gasteiger partial charge in [0.25, 0.3) is 0 Å². The number of aromatic hydroxyl groups is 1. The molecule has 196 valence electrons. The van der Waals surface area contributed by atoms with Crippen LogP contribution in [0.3, 0.4) is 0 Å². The maximum Gasteiger partial charge on any atom is 0.163 e. The summed E-state index contributed by atoms with van der Waals surface area (Å²) in [5.74, 6) is -0.298. The van der Waals surface area contributed by atoms with E-state index in [-0.39, 0.29) is 21.6 Å². The minimum atomic E-state index is -1.23.